The van der Waals surface area contributed by atoms with Crippen LogP contribution in [-0.4, -0.2) is 17.7 Å². The Balaban J connectivity index is 2.30. The van der Waals surface area contributed by atoms with E-state index in [0.29, 0.717) is 18.1 Å². The molecule has 0 spiro atoms. The zero-order valence-electron chi connectivity index (χ0n) is 8.74. The van der Waals surface area contributed by atoms with Crippen molar-refractivity contribution in [2.75, 3.05) is 6.61 Å². The highest BCUT2D eigenvalue weighted by molar-refractivity contribution is 5.92. The molecule has 1 aromatic carbocycles. The Morgan fingerprint density at radius 3 is 3.06 bits per heavy atom. The number of carboxylic acid groups (broad SMARTS) is 1. The fourth-order valence-electron chi connectivity index (χ4n) is 2.40. The number of nitrogens with zero attached hydrogens (tertiary/aromatic N) is 1. The highest BCUT2D eigenvalue weighted by atomic mass is 19.1. The number of carboxylic acids is 1. The van der Waals surface area contributed by atoms with Crippen LogP contribution in [0.2, 0.25) is 0 Å². The summed E-state index contributed by atoms with van der Waals surface area (Å²) in [4.78, 5) is 14.2. The minimum atomic E-state index is -1.17. The number of fused-ring (bicyclic) bond motifs is 3. The van der Waals surface area contributed by atoms with Gasteiger partial charge in [-0.15, -0.1) is 0 Å². The fourth-order valence-corrected chi connectivity index (χ4v) is 2.40. The molecule has 2 atom stereocenters. The van der Waals surface area contributed by atoms with Crippen molar-refractivity contribution in [3.8, 4) is 5.75 Å². The van der Waals surface area contributed by atoms with Crippen LogP contribution in [0, 0.1) is 18.3 Å². The van der Waals surface area contributed by atoms with Gasteiger partial charge in [0.15, 0.2) is 0 Å². The molecule has 0 saturated heterocycles. The summed E-state index contributed by atoms with van der Waals surface area (Å²) in [5.74, 6) is -1.42. The number of ether oxygens (including phenoxy) is 1. The number of rotatable bonds is 1. The lowest BCUT2D eigenvalue weighted by atomic mass is 9.97. The van der Waals surface area contributed by atoms with E-state index in [1.54, 1.807) is 0 Å². The van der Waals surface area contributed by atoms with E-state index < -0.39 is 11.8 Å². The monoisotopic (exact) mass is 233 g/mol. The van der Waals surface area contributed by atoms with Crippen molar-refractivity contribution in [1.29, 1.82) is 0 Å². The Hall–Kier alpha value is -2.09. The van der Waals surface area contributed by atoms with Crippen molar-refractivity contribution in [1.82, 2.24) is 0 Å². The second-order valence-electron chi connectivity index (χ2n) is 4.33. The summed E-state index contributed by atoms with van der Waals surface area (Å²) >= 11 is 0. The van der Waals surface area contributed by atoms with E-state index in [9.17, 15) is 9.18 Å². The molecular formula is C12H8FNO3. The number of aromatic carboxylic acids is 1. The second kappa shape index (κ2) is 3.20. The van der Waals surface area contributed by atoms with E-state index in [0.717, 1.165) is 12.5 Å². The van der Waals surface area contributed by atoms with Gasteiger partial charge in [0.25, 0.3) is 5.69 Å². The van der Waals surface area contributed by atoms with Crippen LogP contribution < -0.4 is 4.74 Å². The fraction of sp³-hybridized carbons (Fsp3) is 0.333. The SMILES string of the molecule is [C-]#[N+]c1c(F)cc(C(=O)O)c2c1OCC1CC21. The Morgan fingerprint density at radius 2 is 2.41 bits per heavy atom. The molecular weight excluding hydrogens is 225 g/mol. The molecule has 3 rings (SSSR count). The van der Waals surface area contributed by atoms with E-state index >= 15 is 0 Å². The molecule has 17 heavy (non-hydrogen) atoms. The van der Waals surface area contributed by atoms with Crippen molar-refractivity contribution in [2.24, 2.45) is 5.92 Å². The van der Waals surface area contributed by atoms with Crippen LogP contribution in [0.25, 0.3) is 4.85 Å². The molecule has 1 saturated carbocycles. The third-order valence-corrected chi connectivity index (χ3v) is 3.32. The maximum absolute atomic E-state index is 13.6. The van der Waals surface area contributed by atoms with Crippen LogP contribution in [0.4, 0.5) is 10.1 Å². The second-order valence-corrected chi connectivity index (χ2v) is 4.33. The lowest BCUT2D eigenvalue weighted by Crippen LogP contribution is -2.13. The number of hydrogen-bond acceptors (Lipinski definition) is 2. The first-order chi connectivity index (χ1) is 8.13. The molecule has 1 aliphatic heterocycles. The lowest BCUT2D eigenvalue weighted by Gasteiger charge is -2.20. The number of benzene rings is 1. The van der Waals surface area contributed by atoms with E-state index in [-0.39, 0.29) is 22.9 Å². The first-order valence-corrected chi connectivity index (χ1v) is 5.23. The molecule has 0 radical (unpaired) electrons. The molecule has 5 heteroatoms. The average Bonchev–Trinajstić information content (AvgIpc) is 3.06. The van der Waals surface area contributed by atoms with E-state index in [1.807, 2.05) is 0 Å². The van der Waals surface area contributed by atoms with E-state index in [4.69, 9.17) is 16.4 Å². The molecule has 1 aromatic rings. The summed E-state index contributed by atoms with van der Waals surface area (Å²) in [6.45, 7) is 7.39. The normalized spacial score (nSPS) is 24.0. The van der Waals surface area contributed by atoms with Crippen LogP contribution >= 0.6 is 0 Å². The average molecular weight is 233 g/mol. The maximum atomic E-state index is 13.6. The van der Waals surface area contributed by atoms with Gasteiger partial charge < -0.3 is 9.84 Å². The van der Waals surface area contributed by atoms with Crippen molar-refractivity contribution in [3.63, 3.8) is 0 Å². The van der Waals surface area contributed by atoms with Crippen LogP contribution in [-0.2, 0) is 0 Å². The molecule has 0 amide bonds. The van der Waals surface area contributed by atoms with Crippen LogP contribution in [0.5, 0.6) is 5.75 Å². The van der Waals surface area contributed by atoms with Gasteiger partial charge in [0.1, 0.15) is 11.6 Å². The topological polar surface area (TPSA) is 50.9 Å². The molecule has 86 valence electrons. The summed E-state index contributed by atoms with van der Waals surface area (Å²) < 4.78 is 18.9. The predicted molar refractivity (Wildman–Crippen MR) is 56.0 cm³/mol. The van der Waals surface area contributed by atoms with Gasteiger partial charge in [-0.2, -0.15) is 0 Å². The van der Waals surface area contributed by atoms with E-state index in [2.05, 4.69) is 4.85 Å². The van der Waals surface area contributed by atoms with Gasteiger partial charge in [-0.25, -0.2) is 14.0 Å². The van der Waals surface area contributed by atoms with Crippen LogP contribution in [0.3, 0.4) is 0 Å². The predicted octanol–water partition coefficient (Wildman–Crippen LogP) is 2.57. The molecule has 0 aromatic heterocycles. The minimum absolute atomic E-state index is 0.0721. The smallest absolute Gasteiger partial charge is 0.336 e. The molecule has 4 nitrogen and oxygen atoms in total. The van der Waals surface area contributed by atoms with Gasteiger partial charge in [0.2, 0.25) is 0 Å². The van der Waals surface area contributed by atoms with Crippen molar-refractivity contribution in [2.45, 2.75) is 12.3 Å². The largest absolute Gasteiger partial charge is 0.504 e. The van der Waals surface area contributed by atoms with Gasteiger partial charge >= 0.3 is 5.97 Å². The first kappa shape index (κ1) is 10.1. The molecule has 0 bridgehead atoms. The molecule has 1 fully saturated rings. The van der Waals surface area contributed by atoms with Crippen molar-refractivity contribution >= 4 is 11.7 Å². The third-order valence-electron chi connectivity index (χ3n) is 3.32. The van der Waals surface area contributed by atoms with Gasteiger partial charge in [0.05, 0.1) is 18.7 Å². The third kappa shape index (κ3) is 1.30. The highest BCUT2D eigenvalue weighted by Crippen LogP contribution is 2.57. The summed E-state index contributed by atoms with van der Waals surface area (Å²) in [5, 5.41) is 9.07. The molecule has 1 heterocycles. The first-order valence-electron chi connectivity index (χ1n) is 5.23. The molecule has 1 aliphatic carbocycles. The van der Waals surface area contributed by atoms with Crippen LogP contribution in [0.15, 0.2) is 6.07 Å². The lowest BCUT2D eigenvalue weighted by molar-refractivity contribution is 0.0693. The Bertz CT molecular complexity index is 576. The number of hydrogen-bond donors (Lipinski definition) is 1. The zero-order chi connectivity index (χ0) is 12.2. The summed E-state index contributed by atoms with van der Waals surface area (Å²) in [6, 6.07) is 0.929. The zero-order valence-corrected chi connectivity index (χ0v) is 8.74. The Labute approximate surface area is 96.4 Å². The Kier molecular flexibility index (Phi) is 1.90. The number of halogens is 1. The van der Waals surface area contributed by atoms with Crippen molar-refractivity contribution < 1.29 is 19.0 Å². The van der Waals surface area contributed by atoms with Gasteiger partial charge in [-0.1, -0.05) is 0 Å². The quantitative estimate of drug-likeness (QED) is 0.758. The van der Waals surface area contributed by atoms with Gasteiger partial charge in [-0.05, 0) is 18.4 Å². The molecule has 2 unspecified atom stereocenters. The van der Waals surface area contributed by atoms with E-state index in [1.165, 1.54) is 0 Å². The maximum Gasteiger partial charge on any atom is 0.336 e. The molecule has 2 aliphatic rings. The Morgan fingerprint density at radius 1 is 1.65 bits per heavy atom. The van der Waals surface area contributed by atoms with Gasteiger partial charge in [-0.3, -0.25) is 0 Å². The van der Waals surface area contributed by atoms with Crippen LogP contribution in [0.1, 0.15) is 28.3 Å². The number of carbonyl (C=O) groups is 1. The van der Waals surface area contributed by atoms with Gasteiger partial charge in [0, 0.05) is 11.5 Å². The molecule has 1 N–H and O–H groups in total. The highest BCUT2D eigenvalue weighted by Gasteiger charge is 2.47. The summed E-state index contributed by atoms with van der Waals surface area (Å²) in [6.07, 6.45) is 0.857. The summed E-state index contributed by atoms with van der Waals surface area (Å²) in [7, 11) is 0. The standard InChI is InChI=1S/C12H8FNO3/c1-14-10-8(13)3-7(12(15)16)9-6-2-5(6)4-17-11(9)10/h3,5-6H,2,4H2,(H,15,16). The minimum Gasteiger partial charge on any atom is -0.504 e. The summed E-state index contributed by atoms with van der Waals surface area (Å²) in [5.41, 5.74) is 0.230. The van der Waals surface area contributed by atoms with Crippen molar-refractivity contribution in [3.05, 3.63) is 34.4 Å².